The van der Waals surface area contributed by atoms with Crippen molar-refractivity contribution in [3.05, 3.63) is 45.1 Å². The Balaban J connectivity index is 1.61. The zero-order valence-electron chi connectivity index (χ0n) is 20.8. The Kier molecular flexibility index (Phi) is 9.39. The van der Waals surface area contributed by atoms with E-state index in [4.69, 9.17) is 21.1 Å². The number of benzene rings is 1. The van der Waals surface area contributed by atoms with Crippen LogP contribution in [0.15, 0.2) is 35.2 Å². The Hall–Kier alpha value is -2.55. The zero-order chi connectivity index (χ0) is 27.3. The van der Waals surface area contributed by atoms with Crippen LogP contribution in [-0.2, 0) is 35.5 Å². The van der Waals surface area contributed by atoms with E-state index in [1.165, 1.54) is 15.9 Å². The Morgan fingerprint density at radius 1 is 1.11 bits per heavy atom. The predicted octanol–water partition coefficient (Wildman–Crippen LogP) is 1.26. The number of ether oxygens (including phenoxy) is 2. The molecule has 1 atom stereocenters. The molecular formula is C24H29ClN4O7S2. The lowest BCUT2D eigenvalue weighted by Crippen LogP contribution is -2.55. The molecule has 2 aromatic rings. The van der Waals surface area contributed by atoms with Crippen LogP contribution >= 0.6 is 22.9 Å². The number of rotatable bonds is 9. The number of nitrogens with one attached hydrogen (secondary N) is 2. The third-order valence-corrected chi connectivity index (χ3v) is 9.00. The van der Waals surface area contributed by atoms with Crippen molar-refractivity contribution in [1.82, 2.24) is 14.9 Å². The molecule has 3 heterocycles. The van der Waals surface area contributed by atoms with Crippen molar-refractivity contribution < 1.29 is 32.3 Å². The number of halogens is 1. The average Bonchev–Trinajstić information content (AvgIpc) is 3.37. The number of carbonyl (C=O) groups excluding carboxylic acids is 3. The molecule has 0 aliphatic carbocycles. The van der Waals surface area contributed by atoms with E-state index in [1.807, 2.05) is 0 Å². The Morgan fingerprint density at radius 2 is 1.84 bits per heavy atom. The molecule has 1 aromatic carbocycles. The molecule has 0 saturated carbocycles. The minimum absolute atomic E-state index is 0.0343. The summed E-state index contributed by atoms with van der Waals surface area (Å²) < 4.78 is 40.8. The van der Waals surface area contributed by atoms with Crippen LogP contribution in [0.1, 0.15) is 22.2 Å². The summed E-state index contributed by atoms with van der Waals surface area (Å²) >= 11 is 7.00. The van der Waals surface area contributed by atoms with Gasteiger partial charge in [0.05, 0.1) is 33.9 Å². The van der Waals surface area contributed by atoms with E-state index in [-0.39, 0.29) is 24.0 Å². The molecule has 4 rings (SSSR count). The number of thiophene rings is 1. The van der Waals surface area contributed by atoms with Crippen molar-refractivity contribution in [2.24, 2.45) is 0 Å². The van der Waals surface area contributed by atoms with E-state index < -0.39 is 27.9 Å². The first kappa shape index (κ1) is 28.5. The second-order valence-electron chi connectivity index (χ2n) is 8.63. The molecule has 3 amide bonds. The quantitative estimate of drug-likeness (QED) is 0.453. The molecule has 206 valence electrons. The molecule has 2 N–H and O–H groups in total. The molecule has 1 aromatic heterocycles. The zero-order valence-corrected chi connectivity index (χ0v) is 23.2. The van der Waals surface area contributed by atoms with E-state index in [0.29, 0.717) is 66.3 Å². The Morgan fingerprint density at radius 3 is 2.50 bits per heavy atom. The van der Waals surface area contributed by atoms with Crippen molar-refractivity contribution in [2.75, 3.05) is 57.5 Å². The Labute approximate surface area is 230 Å². The van der Waals surface area contributed by atoms with Gasteiger partial charge in [-0.15, -0.1) is 11.3 Å². The second-order valence-corrected chi connectivity index (χ2v) is 12.0. The summed E-state index contributed by atoms with van der Waals surface area (Å²) in [5.74, 6) is -1.20. The highest BCUT2D eigenvalue weighted by Crippen LogP contribution is 2.29. The maximum Gasteiger partial charge on any atom is 0.261 e. The van der Waals surface area contributed by atoms with Crippen LogP contribution in [0.2, 0.25) is 4.34 Å². The highest BCUT2D eigenvalue weighted by atomic mass is 35.5. The molecule has 14 heteroatoms. The number of morpholine rings is 2. The summed E-state index contributed by atoms with van der Waals surface area (Å²) in [5, 5.41) is 2.64. The minimum atomic E-state index is -4.24. The van der Waals surface area contributed by atoms with Gasteiger partial charge in [0, 0.05) is 31.9 Å². The summed E-state index contributed by atoms with van der Waals surface area (Å²) in [6.45, 7) is 3.37. The van der Waals surface area contributed by atoms with E-state index in [2.05, 4.69) is 10.0 Å². The molecule has 11 nitrogen and oxygen atoms in total. The van der Waals surface area contributed by atoms with Gasteiger partial charge in [0.25, 0.3) is 11.8 Å². The van der Waals surface area contributed by atoms with Crippen LogP contribution in [-0.4, -0.2) is 89.7 Å². The van der Waals surface area contributed by atoms with Gasteiger partial charge in [-0.1, -0.05) is 24.6 Å². The van der Waals surface area contributed by atoms with Crippen molar-refractivity contribution >= 4 is 56.4 Å². The van der Waals surface area contributed by atoms with Gasteiger partial charge in [-0.05, 0) is 36.2 Å². The first-order valence-electron chi connectivity index (χ1n) is 12.1. The summed E-state index contributed by atoms with van der Waals surface area (Å²) in [7, 11) is -4.24. The molecule has 38 heavy (non-hydrogen) atoms. The van der Waals surface area contributed by atoms with Gasteiger partial charge in [0.1, 0.15) is 12.6 Å². The molecule has 0 radical (unpaired) electrons. The number of anilines is 1. The molecule has 0 spiro atoms. The smallest absolute Gasteiger partial charge is 0.261 e. The first-order chi connectivity index (χ1) is 18.2. The SMILES string of the molecule is CCc1c(N2CCOCC2=O)cccc1S(=O)(=O)N[C@@H](CNC(=O)c1ccc(Cl)s1)C(=O)N1CCOCC1. The third-order valence-electron chi connectivity index (χ3n) is 6.21. The molecule has 0 bridgehead atoms. The summed E-state index contributed by atoms with van der Waals surface area (Å²) in [5.41, 5.74) is 0.938. The monoisotopic (exact) mass is 584 g/mol. The van der Waals surface area contributed by atoms with E-state index >= 15 is 0 Å². The lowest BCUT2D eigenvalue weighted by atomic mass is 10.1. The Bertz CT molecular complexity index is 1290. The molecule has 2 aliphatic heterocycles. The lowest BCUT2D eigenvalue weighted by molar-refractivity contribution is -0.136. The standard InChI is InChI=1S/C24H29ClN4O7S2/c1-2-16-18(29-10-13-36-15-22(29)30)4-3-5-20(16)38(33,34)27-17(24(32)28-8-11-35-12-9-28)14-26-23(31)19-6-7-21(25)37-19/h3-7,17,27H,2,8-15H2,1H3,(H,26,31)/t17-/m0/s1. The minimum Gasteiger partial charge on any atom is -0.378 e. The lowest BCUT2D eigenvalue weighted by Gasteiger charge is -2.31. The molecular weight excluding hydrogens is 556 g/mol. The molecule has 2 fully saturated rings. The predicted molar refractivity (Wildman–Crippen MR) is 142 cm³/mol. The topological polar surface area (TPSA) is 134 Å². The third kappa shape index (κ3) is 6.53. The summed E-state index contributed by atoms with van der Waals surface area (Å²) in [6.07, 6.45) is 0.328. The fraction of sp³-hybridized carbons (Fsp3) is 0.458. The number of hydrogen-bond acceptors (Lipinski definition) is 8. The van der Waals surface area contributed by atoms with Gasteiger partial charge >= 0.3 is 0 Å². The number of hydrogen-bond donors (Lipinski definition) is 2. The van der Waals surface area contributed by atoms with Crippen molar-refractivity contribution in [1.29, 1.82) is 0 Å². The second kappa shape index (κ2) is 12.5. The maximum absolute atomic E-state index is 13.7. The van der Waals surface area contributed by atoms with Gasteiger partial charge in [-0.2, -0.15) is 4.72 Å². The molecule has 0 unspecified atom stereocenters. The van der Waals surface area contributed by atoms with E-state index in [9.17, 15) is 22.8 Å². The van der Waals surface area contributed by atoms with Crippen molar-refractivity contribution in [3.8, 4) is 0 Å². The van der Waals surface area contributed by atoms with Crippen LogP contribution in [0.25, 0.3) is 0 Å². The number of nitrogens with zero attached hydrogens (tertiary/aromatic N) is 2. The van der Waals surface area contributed by atoms with Crippen LogP contribution in [0, 0.1) is 0 Å². The van der Waals surface area contributed by atoms with Gasteiger partial charge in [-0.3, -0.25) is 14.4 Å². The first-order valence-corrected chi connectivity index (χ1v) is 14.8. The normalized spacial score (nSPS) is 17.4. The van der Waals surface area contributed by atoms with Crippen LogP contribution in [0.5, 0.6) is 0 Å². The van der Waals surface area contributed by atoms with Gasteiger partial charge < -0.3 is 24.6 Å². The molecule has 2 saturated heterocycles. The van der Waals surface area contributed by atoms with Crippen LogP contribution in [0.4, 0.5) is 5.69 Å². The average molecular weight is 585 g/mol. The number of amides is 3. The number of carbonyl (C=O) groups is 3. The summed E-state index contributed by atoms with van der Waals surface area (Å²) in [6, 6.07) is 6.57. The van der Waals surface area contributed by atoms with Gasteiger partial charge in [0.15, 0.2) is 0 Å². The molecule has 2 aliphatic rings. The van der Waals surface area contributed by atoms with Crippen molar-refractivity contribution in [3.63, 3.8) is 0 Å². The number of sulfonamides is 1. The van der Waals surface area contributed by atoms with E-state index in [1.54, 1.807) is 31.2 Å². The highest BCUT2D eigenvalue weighted by Gasteiger charge is 2.33. The van der Waals surface area contributed by atoms with E-state index in [0.717, 1.165) is 11.3 Å². The van der Waals surface area contributed by atoms with Crippen molar-refractivity contribution in [2.45, 2.75) is 24.3 Å². The van der Waals surface area contributed by atoms with Crippen LogP contribution < -0.4 is 14.9 Å². The van der Waals surface area contributed by atoms with Crippen LogP contribution in [0.3, 0.4) is 0 Å². The maximum atomic E-state index is 13.7. The fourth-order valence-corrected chi connectivity index (χ4v) is 6.82. The fourth-order valence-electron chi connectivity index (χ4n) is 4.34. The highest BCUT2D eigenvalue weighted by molar-refractivity contribution is 7.89. The summed E-state index contributed by atoms with van der Waals surface area (Å²) in [4.78, 5) is 41.8. The van der Waals surface area contributed by atoms with Gasteiger partial charge in [-0.25, -0.2) is 8.42 Å². The largest absolute Gasteiger partial charge is 0.378 e. The van der Waals surface area contributed by atoms with Gasteiger partial charge in [0.2, 0.25) is 15.9 Å².